The molecular formula is C26H34N2O4. The molecule has 172 valence electrons. The van der Waals surface area contributed by atoms with Crippen molar-refractivity contribution in [3.8, 4) is 11.4 Å². The van der Waals surface area contributed by atoms with Crippen LogP contribution in [0.4, 0.5) is 0 Å². The van der Waals surface area contributed by atoms with Crippen molar-refractivity contribution >= 4 is 11.7 Å². The van der Waals surface area contributed by atoms with Gasteiger partial charge in [-0.1, -0.05) is 27.7 Å². The number of amides is 1. The predicted molar refractivity (Wildman–Crippen MR) is 126 cm³/mol. The summed E-state index contributed by atoms with van der Waals surface area (Å²) in [5.41, 5.74) is 1.22. The Labute approximate surface area is 190 Å². The van der Waals surface area contributed by atoms with Gasteiger partial charge in [0.05, 0.1) is 6.61 Å². The van der Waals surface area contributed by atoms with Crippen molar-refractivity contribution in [1.82, 2.24) is 9.47 Å². The van der Waals surface area contributed by atoms with Gasteiger partial charge in [-0.15, -0.1) is 0 Å². The van der Waals surface area contributed by atoms with Crippen molar-refractivity contribution in [2.45, 2.75) is 60.3 Å². The molecule has 0 N–H and O–H groups in total. The van der Waals surface area contributed by atoms with Gasteiger partial charge in [-0.3, -0.25) is 19.0 Å². The van der Waals surface area contributed by atoms with Crippen LogP contribution in [0.1, 0.15) is 80.3 Å². The van der Waals surface area contributed by atoms with Gasteiger partial charge in [0.25, 0.3) is 11.5 Å². The Morgan fingerprint density at radius 1 is 1.03 bits per heavy atom. The number of aromatic nitrogens is 1. The molecule has 0 spiro atoms. The number of fused-ring (bicyclic) bond motifs is 1. The predicted octanol–water partition coefficient (Wildman–Crippen LogP) is 4.65. The van der Waals surface area contributed by atoms with E-state index in [0.717, 1.165) is 12.8 Å². The number of rotatable bonds is 8. The molecule has 1 aliphatic rings. The molecule has 32 heavy (non-hydrogen) atoms. The molecule has 0 radical (unpaired) electrons. The minimum absolute atomic E-state index is 0.0254. The monoisotopic (exact) mass is 438 g/mol. The Hall–Kier alpha value is -2.89. The lowest BCUT2D eigenvalue weighted by molar-refractivity contribution is 0.0753. The van der Waals surface area contributed by atoms with E-state index < -0.39 is 0 Å². The highest BCUT2D eigenvalue weighted by atomic mass is 16.5. The molecule has 6 nitrogen and oxygen atoms in total. The van der Waals surface area contributed by atoms with Crippen LogP contribution in [0.2, 0.25) is 0 Å². The Kier molecular flexibility index (Phi) is 7.22. The molecule has 0 saturated heterocycles. The van der Waals surface area contributed by atoms with Crippen LogP contribution < -0.4 is 10.3 Å². The number of carbonyl (C=O) groups excluding carboxylic acids is 2. The van der Waals surface area contributed by atoms with Crippen LogP contribution >= 0.6 is 0 Å². The summed E-state index contributed by atoms with van der Waals surface area (Å²) in [5.74, 6) is 0.375. The number of pyridine rings is 1. The van der Waals surface area contributed by atoms with Crippen LogP contribution in [0.15, 0.2) is 35.1 Å². The summed E-state index contributed by atoms with van der Waals surface area (Å²) in [6.45, 7) is 11.7. The number of ether oxygens (including phenoxy) is 1. The molecule has 0 unspecified atom stereocenters. The first-order valence-electron chi connectivity index (χ1n) is 11.6. The number of hydrogen-bond acceptors (Lipinski definition) is 4. The largest absolute Gasteiger partial charge is 0.494 e. The van der Waals surface area contributed by atoms with Crippen LogP contribution in [-0.4, -0.2) is 40.9 Å². The van der Waals surface area contributed by atoms with Gasteiger partial charge in [-0.25, -0.2) is 0 Å². The van der Waals surface area contributed by atoms with Crippen molar-refractivity contribution in [3.05, 3.63) is 57.5 Å². The molecule has 1 aliphatic carbocycles. The molecule has 1 aromatic heterocycles. The van der Waals surface area contributed by atoms with Crippen LogP contribution in [0.25, 0.3) is 5.69 Å². The molecule has 0 bridgehead atoms. The molecule has 0 atom stereocenters. The van der Waals surface area contributed by atoms with Crippen molar-refractivity contribution < 1.29 is 14.3 Å². The summed E-state index contributed by atoms with van der Waals surface area (Å²) >= 11 is 0. The molecule has 1 heterocycles. The van der Waals surface area contributed by atoms with Gasteiger partial charge in [0, 0.05) is 36.5 Å². The number of nitrogens with zero attached hydrogens (tertiary/aromatic N) is 2. The average Bonchev–Trinajstić information content (AvgIpc) is 2.73. The van der Waals surface area contributed by atoms with Gasteiger partial charge in [0.1, 0.15) is 11.3 Å². The molecule has 1 amide bonds. The van der Waals surface area contributed by atoms with Crippen molar-refractivity contribution in [2.75, 3.05) is 19.7 Å². The molecule has 0 saturated carbocycles. The van der Waals surface area contributed by atoms with E-state index in [-0.39, 0.29) is 28.2 Å². The fourth-order valence-electron chi connectivity index (χ4n) is 4.42. The van der Waals surface area contributed by atoms with Gasteiger partial charge in [0.15, 0.2) is 5.78 Å². The first-order chi connectivity index (χ1) is 15.2. The zero-order valence-electron chi connectivity index (χ0n) is 19.9. The second-order valence-electron chi connectivity index (χ2n) is 9.22. The Morgan fingerprint density at radius 2 is 1.66 bits per heavy atom. The van der Waals surface area contributed by atoms with E-state index in [1.165, 1.54) is 0 Å². The number of ketones is 1. The molecule has 0 fully saturated rings. The summed E-state index contributed by atoms with van der Waals surface area (Å²) in [5, 5.41) is 0. The van der Waals surface area contributed by atoms with E-state index in [0.29, 0.717) is 55.2 Å². The third-order valence-corrected chi connectivity index (χ3v) is 5.80. The summed E-state index contributed by atoms with van der Waals surface area (Å²) < 4.78 is 7.10. The SMILES string of the molecule is CCCN(CCC)C(=O)c1cc2c(n(-c3ccc(OCC)cc3)c1=O)CC(C)(C)CC2=O. The van der Waals surface area contributed by atoms with Crippen molar-refractivity contribution in [1.29, 1.82) is 0 Å². The fourth-order valence-corrected chi connectivity index (χ4v) is 4.42. The maximum Gasteiger partial charge on any atom is 0.268 e. The average molecular weight is 439 g/mol. The van der Waals surface area contributed by atoms with E-state index in [1.807, 2.05) is 58.9 Å². The Bertz CT molecular complexity index is 1040. The zero-order chi connectivity index (χ0) is 23.5. The lowest BCUT2D eigenvalue weighted by Gasteiger charge is -2.32. The number of hydrogen-bond donors (Lipinski definition) is 0. The topological polar surface area (TPSA) is 68.6 Å². The maximum atomic E-state index is 13.7. The minimum atomic E-state index is -0.374. The number of carbonyl (C=O) groups is 2. The van der Waals surface area contributed by atoms with Gasteiger partial charge in [0.2, 0.25) is 0 Å². The van der Waals surface area contributed by atoms with E-state index >= 15 is 0 Å². The smallest absolute Gasteiger partial charge is 0.268 e. The first-order valence-corrected chi connectivity index (χ1v) is 11.6. The summed E-state index contributed by atoms with van der Waals surface area (Å²) in [7, 11) is 0. The van der Waals surface area contributed by atoms with E-state index in [1.54, 1.807) is 15.5 Å². The van der Waals surface area contributed by atoms with Crippen LogP contribution in [0.3, 0.4) is 0 Å². The fraction of sp³-hybridized carbons (Fsp3) is 0.500. The van der Waals surface area contributed by atoms with Gasteiger partial charge in [-0.2, -0.15) is 0 Å². The molecule has 6 heteroatoms. The molecule has 1 aromatic carbocycles. The van der Waals surface area contributed by atoms with Gasteiger partial charge in [-0.05, 0) is 61.9 Å². The quantitative estimate of drug-likeness (QED) is 0.601. The molecular weight excluding hydrogens is 404 g/mol. The van der Waals surface area contributed by atoms with Crippen LogP contribution in [-0.2, 0) is 6.42 Å². The third-order valence-electron chi connectivity index (χ3n) is 5.80. The van der Waals surface area contributed by atoms with Crippen molar-refractivity contribution in [3.63, 3.8) is 0 Å². The number of benzene rings is 1. The van der Waals surface area contributed by atoms with E-state index in [2.05, 4.69) is 0 Å². The van der Waals surface area contributed by atoms with Gasteiger partial charge >= 0.3 is 0 Å². The highest BCUT2D eigenvalue weighted by Crippen LogP contribution is 2.35. The molecule has 0 aliphatic heterocycles. The summed E-state index contributed by atoms with van der Waals surface area (Å²) in [6, 6.07) is 8.78. The molecule has 3 rings (SSSR count). The minimum Gasteiger partial charge on any atom is -0.494 e. The van der Waals surface area contributed by atoms with Crippen molar-refractivity contribution in [2.24, 2.45) is 5.41 Å². The zero-order valence-corrected chi connectivity index (χ0v) is 19.9. The second-order valence-corrected chi connectivity index (χ2v) is 9.22. The van der Waals surface area contributed by atoms with Crippen LogP contribution in [0, 0.1) is 5.41 Å². The van der Waals surface area contributed by atoms with E-state index in [4.69, 9.17) is 4.74 Å². The normalized spacial score (nSPS) is 14.7. The standard InChI is InChI=1S/C26H34N2O4/c1-6-13-27(14-7-2)24(30)21-15-20-22(16-26(4,5)17-23(20)29)28(25(21)31)18-9-11-19(12-10-18)32-8-3/h9-12,15H,6-8,13-14,16-17H2,1-5H3. The lowest BCUT2D eigenvalue weighted by atomic mass is 9.75. The van der Waals surface area contributed by atoms with Gasteiger partial charge < -0.3 is 9.64 Å². The van der Waals surface area contributed by atoms with E-state index in [9.17, 15) is 14.4 Å². The third kappa shape index (κ3) is 4.79. The summed E-state index contributed by atoms with van der Waals surface area (Å²) in [6.07, 6.45) is 2.58. The Morgan fingerprint density at radius 3 is 2.22 bits per heavy atom. The highest BCUT2D eigenvalue weighted by molar-refractivity contribution is 6.02. The maximum absolute atomic E-state index is 13.7. The number of Topliss-reactive ketones (excluding diaryl/α,β-unsaturated/α-hetero) is 1. The lowest BCUT2D eigenvalue weighted by Crippen LogP contribution is -2.40. The Balaban J connectivity index is 2.23. The van der Waals surface area contributed by atoms with Crippen LogP contribution in [0.5, 0.6) is 5.75 Å². The molecule has 2 aromatic rings. The highest BCUT2D eigenvalue weighted by Gasteiger charge is 2.35. The second kappa shape index (κ2) is 9.72. The summed E-state index contributed by atoms with van der Waals surface area (Å²) in [4.78, 5) is 41.8. The first kappa shape index (κ1) is 23.8.